The van der Waals surface area contributed by atoms with E-state index in [4.69, 9.17) is 4.98 Å². The van der Waals surface area contributed by atoms with Gasteiger partial charge in [0.2, 0.25) is 0 Å². The predicted octanol–water partition coefficient (Wildman–Crippen LogP) is 5.48. The van der Waals surface area contributed by atoms with Gasteiger partial charge in [0.05, 0.1) is 5.69 Å². The van der Waals surface area contributed by atoms with Crippen molar-refractivity contribution in [2.24, 2.45) is 0 Å². The summed E-state index contributed by atoms with van der Waals surface area (Å²) in [6.07, 6.45) is 0. The molecular formula is C18H18N2S. The van der Waals surface area contributed by atoms with Gasteiger partial charge in [-0.2, -0.15) is 0 Å². The second-order valence-electron chi connectivity index (χ2n) is 5.16. The third kappa shape index (κ3) is 2.83. The molecule has 3 rings (SSSR count). The summed E-state index contributed by atoms with van der Waals surface area (Å²) in [5.41, 5.74) is 5.92. The molecular weight excluding hydrogens is 276 g/mol. The number of thiazole rings is 1. The summed E-state index contributed by atoms with van der Waals surface area (Å²) in [5.74, 6) is 0. The van der Waals surface area contributed by atoms with Gasteiger partial charge in [0.25, 0.3) is 0 Å². The molecule has 0 radical (unpaired) electrons. The first kappa shape index (κ1) is 13.8. The molecule has 0 aliphatic carbocycles. The zero-order valence-corrected chi connectivity index (χ0v) is 13.3. The largest absolute Gasteiger partial charge is 0.331 e. The summed E-state index contributed by atoms with van der Waals surface area (Å²) in [6.45, 7) is 6.38. The van der Waals surface area contributed by atoms with Crippen LogP contribution in [0.2, 0.25) is 0 Å². The number of nitrogens with zero attached hydrogens (tertiary/aromatic N) is 1. The van der Waals surface area contributed by atoms with E-state index in [0.717, 1.165) is 16.5 Å². The highest BCUT2D eigenvalue weighted by Gasteiger charge is 2.10. The lowest BCUT2D eigenvalue weighted by atomic mass is 10.1. The van der Waals surface area contributed by atoms with Gasteiger partial charge >= 0.3 is 0 Å². The van der Waals surface area contributed by atoms with Crippen molar-refractivity contribution >= 4 is 22.2 Å². The number of hydrogen-bond donors (Lipinski definition) is 1. The Morgan fingerprint density at radius 2 is 1.67 bits per heavy atom. The molecule has 0 atom stereocenters. The number of hydrogen-bond acceptors (Lipinski definition) is 3. The van der Waals surface area contributed by atoms with Gasteiger partial charge in [-0.25, -0.2) is 4.98 Å². The fraction of sp³-hybridized carbons (Fsp3) is 0.167. The van der Waals surface area contributed by atoms with Gasteiger partial charge < -0.3 is 5.32 Å². The van der Waals surface area contributed by atoms with E-state index in [-0.39, 0.29) is 0 Å². The topological polar surface area (TPSA) is 24.9 Å². The number of aromatic nitrogens is 1. The number of rotatable bonds is 3. The van der Waals surface area contributed by atoms with Crippen LogP contribution in [0.5, 0.6) is 0 Å². The molecule has 3 heteroatoms. The second kappa shape index (κ2) is 5.70. The monoisotopic (exact) mass is 294 g/mol. The second-order valence-corrected chi connectivity index (χ2v) is 6.37. The van der Waals surface area contributed by atoms with Crippen LogP contribution >= 0.6 is 11.3 Å². The number of aryl methyl sites for hydroxylation is 2. The molecule has 0 saturated heterocycles. The normalized spacial score (nSPS) is 10.6. The van der Waals surface area contributed by atoms with Crippen molar-refractivity contribution in [1.82, 2.24) is 4.98 Å². The van der Waals surface area contributed by atoms with E-state index in [2.05, 4.69) is 56.4 Å². The Bertz CT molecular complexity index is 760. The highest BCUT2D eigenvalue weighted by molar-refractivity contribution is 7.16. The molecule has 0 aliphatic heterocycles. The fourth-order valence-corrected chi connectivity index (χ4v) is 3.16. The van der Waals surface area contributed by atoms with Crippen molar-refractivity contribution in [2.45, 2.75) is 20.8 Å². The SMILES string of the molecule is Cc1cccc(Nc2nc(-c3ccccc3)c(C)s2)c1C. The summed E-state index contributed by atoms with van der Waals surface area (Å²) in [4.78, 5) is 5.98. The van der Waals surface area contributed by atoms with E-state index in [1.807, 2.05) is 18.2 Å². The Morgan fingerprint density at radius 1 is 0.905 bits per heavy atom. The van der Waals surface area contributed by atoms with Gasteiger partial charge in [0, 0.05) is 16.1 Å². The van der Waals surface area contributed by atoms with Gasteiger partial charge in [-0.15, -0.1) is 11.3 Å². The summed E-state index contributed by atoms with van der Waals surface area (Å²) < 4.78 is 0. The van der Waals surface area contributed by atoms with Crippen LogP contribution in [-0.4, -0.2) is 4.98 Å². The van der Waals surface area contributed by atoms with Crippen molar-refractivity contribution in [3.63, 3.8) is 0 Å². The van der Waals surface area contributed by atoms with Crippen molar-refractivity contribution in [2.75, 3.05) is 5.32 Å². The van der Waals surface area contributed by atoms with Gasteiger partial charge in [-0.3, -0.25) is 0 Å². The molecule has 2 nitrogen and oxygen atoms in total. The van der Waals surface area contributed by atoms with Crippen LogP contribution in [0.3, 0.4) is 0 Å². The zero-order valence-electron chi connectivity index (χ0n) is 12.5. The smallest absolute Gasteiger partial charge is 0.187 e. The molecule has 0 amide bonds. The average molecular weight is 294 g/mol. The van der Waals surface area contributed by atoms with Crippen LogP contribution in [0.4, 0.5) is 10.8 Å². The lowest BCUT2D eigenvalue weighted by molar-refractivity contribution is 1.31. The summed E-state index contributed by atoms with van der Waals surface area (Å²) in [7, 11) is 0. The van der Waals surface area contributed by atoms with E-state index < -0.39 is 0 Å². The van der Waals surface area contributed by atoms with Crippen LogP contribution in [0, 0.1) is 20.8 Å². The van der Waals surface area contributed by atoms with Crippen LogP contribution in [-0.2, 0) is 0 Å². The molecule has 2 aromatic carbocycles. The van der Waals surface area contributed by atoms with Crippen LogP contribution in [0.15, 0.2) is 48.5 Å². The first-order valence-electron chi connectivity index (χ1n) is 7.01. The Morgan fingerprint density at radius 3 is 2.43 bits per heavy atom. The molecule has 0 spiro atoms. The highest BCUT2D eigenvalue weighted by Crippen LogP contribution is 2.32. The number of anilines is 2. The maximum Gasteiger partial charge on any atom is 0.187 e. The minimum Gasteiger partial charge on any atom is -0.331 e. The molecule has 3 aromatic rings. The van der Waals surface area contributed by atoms with Crippen molar-refractivity contribution in [1.29, 1.82) is 0 Å². The van der Waals surface area contributed by atoms with Crippen LogP contribution in [0.25, 0.3) is 11.3 Å². The Balaban J connectivity index is 1.93. The predicted molar refractivity (Wildman–Crippen MR) is 91.5 cm³/mol. The van der Waals surface area contributed by atoms with E-state index in [0.29, 0.717) is 0 Å². The Labute approximate surface area is 129 Å². The molecule has 1 N–H and O–H groups in total. The van der Waals surface area contributed by atoms with E-state index in [9.17, 15) is 0 Å². The first-order valence-corrected chi connectivity index (χ1v) is 7.83. The summed E-state index contributed by atoms with van der Waals surface area (Å²) >= 11 is 1.70. The summed E-state index contributed by atoms with van der Waals surface area (Å²) in [5, 5.41) is 4.40. The molecule has 1 aromatic heterocycles. The highest BCUT2D eigenvalue weighted by atomic mass is 32.1. The standard InChI is InChI=1S/C18H18N2S/c1-12-8-7-11-16(13(12)2)19-18-20-17(14(3)21-18)15-9-5-4-6-10-15/h4-11H,1-3H3,(H,19,20). The quantitative estimate of drug-likeness (QED) is 0.692. The lowest BCUT2D eigenvalue weighted by Crippen LogP contribution is -1.94. The molecule has 0 fully saturated rings. The van der Waals surface area contributed by atoms with E-state index >= 15 is 0 Å². The molecule has 1 heterocycles. The van der Waals surface area contributed by atoms with Gasteiger partial charge in [-0.05, 0) is 38.0 Å². The molecule has 106 valence electrons. The molecule has 0 bridgehead atoms. The van der Waals surface area contributed by atoms with E-state index in [1.165, 1.54) is 21.6 Å². The third-order valence-corrected chi connectivity index (χ3v) is 4.58. The third-order valence-electron chi connectivity index (χ3n) is 3.69. The van der Waals surface area contributed by atoms with Crippen molar-refractivity contribution in [3.8, 4) is 11.3 Å². The van der Waals surface area contributed by atoms with Crippen LogP contribution < -0.4 is 5.32 Å². The fourth-order valence-electron chi connectivity index (χ4n) is 2.32. The molecule has 0 unspecified atom stereocenters. The average Bonchev–Trinajstić information content (AvgIpc) is 2.86. The Hall–Kier alpha value is -2.13. The van der Waals surface area contributed by atoms with Crippen molar-refractivity contribution in [3.05, 3.63) is 64.5 Å². The molecule has 21 heavy (non-hydrogen) atoms. The number of nitrogens with one attached hydrogen (secondary N) is 1. The maximum atomic E-state index is 4.75. The van der Waals surface area contributed by atoms with Crippen molar-refractivity contribution < 1.29 is 0 Å². The van der Waals surface area contributed by atoms with Gasteiger partial charge in [0.1, 0.15) is 0 Å². The number of benzene rings is 2. The minimum atomic E-state index is 0.944. The first-order chi connectivity index (χ1) is 10.1. The Kier molecular flexibility index (Phi) is 3.76. The minimum absolute atomic E-state index is 0.944. The molecule has 0 aliphatic rings. The van der Waals surface area contributed by atoms with Gasteiger partial charge in [-0.1, -0.05) is 42.5 Å². The lowest BCUT2D eigenvalue weighted by Gasteiger charge is -2.08. The van der Waals surface area contributed by atoms with E-state index in [1.54, 1.807) is 11.3 Å². The summed E-state index contributed by atoms with van der Waals surface area (Å²) in [6, 6.07) is 16.6. The van der Waals surface area contributed by atoms with Crippen LogP contribution in [0.1, 0.15) is 16.0 Å². The van der Waals surface area contributed by atoms with Gasteiger partial charge in [0.15, 0.2) is 5.13 Å². The maximum absolute atomic E-state index is 4.75. The zero-order chi connectivity index (χ0) is 14.8. The molecule has 0 saturated carbocycles.